The molecule has 1 fully saturated rings. The first kappa shape index (κ1) is 8.87. The standard InChI is InChI=1S/C7H13NO2S/c1-2-3-6-8-5(4-11-6)7(9)10/h5-6,8H,2-4H2,1H3,(H,9,10)/t5-,6-/m1/s1. The van der Waals surface area contributed by atoms with E-state index in [0.717, 1.165) is 12.8 Å². The summed E-state index contributed by atoms with van der Waals surface area (Å²) in [5.74, 6) is -0.0175. The van der Waals surface area contributed by atoms with Gasteiger partial charge in [-0.1, -0.05) is 13.3 Å². The third-order valence-corrected chi connectivity index (χ3v) is 3.00. The Bertz CT molecular complexity index is 151. The molecule has 1 heterocycles. The molecule has 1 rings (SSSR count). The summed E-state index contributed by atoms with van der Waals surface area (Å²) in [5.41, 5.74) is 0. The number of nitrogens with one attached hydrogen (secondary N) is 1. The molecule has 64 valence electrons. The lowest BCUT2D eigenvalue weighted by Gasteiger charge is -2.07. The fourth-order valence-corrected chi connectivity index (χ4v) is 2.43. The first-order chi connectivity index (χ1) is 5.24. The van der Waals surface area contributed by atoms with Crippen LogP contribution < -0.4 is 5.32 Å². The molecule has 2 N–H and O–H groups in total. The first-order valence-corrected chi connectivity index (χ1v) is 4.89. The monoisotopic (exact) mass is 175 g/mol. The van der Waals surface area contributed by atoms with Gasteiger partial charge in [-0.25, -0.2) is 0 Å². The van der Waals surface area contributed by atoms with Gasteiger partial charge in [0.2, 0.25) is 0 Å². The lowest BCUT2D eigenvalue weighted by atomic mass is 10.3. The van der Waals surface area contributed by atoms with Crippen LogP contribution in [0, 0.1) is 0 Å². The number of carboxylic acids is 1. The summed E-state index contributed by atoms with van der Waals surface area (Å²) in [6, 6.07) is -0.323. The molecule has 3 nitrogen and oxygen atoms in total. The average Bonchev–Trinajstić information content (AvgIpc) is 2.37. The summed E-state index contributed by atoms with van der Waals surface area (Å²) >= 11 is 1.71. The third-order valence-electron chi connectivity index (χ3n) is 1.70. The molecular formula is C7H13NO2S. The second-order valence-electron chi connectivity index (χ2n) is 2.67. The molecule has 11 heavy (non-hydrogen) atoms. The van der Waals surface area contributed by atoms with Gasteiger partial charge in [0, 0.05) is 5.75 Å². The minimum Gasteiger partial charge on any atom is -0.480 e. The molecule has 0 radical (unpaired) electrons. The van der Waals surface area contributed by atoms with Gasteiger partial charge in [0.25, 0.3) is 0 Å². The summed E-state index contributed by atoms with van der Waals surface area (Å²) in [7, 11) is 0. The second kappa shape index (κ2) is 3.97. The molecule has 1 aliphatic heterocycles. The van der Waals surface area contributed by atoms with Gasteiger partial charge in [0.1, 0.15) is 6.04 Å². The van der Waals surface area contributed by atoms with Crippen molar-refractivity contribution in [2.45, 2.75) is 31.2 Å². The molecule has 0 unspecified atom stereocenters. The quantitative estimate of drug-likeness (QED) is 0.669. The summed E-state index contributed by atoms with van der Waals surface area (Å²) < 4.78 is 0. The van der Waals surface area contributed by atoms with Crippen molar-refractivity contribution in [3.63, 3.8) is 0 Å². The van der Waals surface area contributed by atoms with Gasteiger partial charge in [-0.2, -0.15) is 0 Å². The fourth-order valence-electron chi connectivity index (χ4n) is 1.10. The van der Waals surface area contributed by atoms with Crippen LogP contribution >= 0.6 is 11.8 Å². The summed E-state index contributed by atoms with van der Waals surface area (Å²) in [6.45, 7) is 2.11. The lowest BCUT2D eigenvalue weighted by molar-refractivity contribution is -0.138. The second-order valence-corrected chi connectivity index (χ2v) is 3.90. The van der Waals surface area contributed by atoms with Crippen molar-refractivity contribution in [1.82, 2.24) is 5.32 Å². The molecule has 0 aromatic rings. The number of hydrogen-bond donors (Lipinski definition) is 2. The Morgan fingerprint density at radius 2 is 2.55 bits per heavy atom. The summed E-state index contributed by atoms with van der Waals surface area (Å²) in [6.07, 6.45) is 2.17. The Hall–Kier alpha value is -0.220. The van der Waals surface area contributed by atoms with Crippen LogP contribution in [0.5, 0.6) is 0 Å². The molecule has 4 heteroatoms. The highest BCUT2D eigenvalue weighted by Crippen LogP contribution is 2.22. The van der Waals surface area contributed by atoms with Crippen molar-refractivity contribution in [1.29, 1.82) is 0 Å². The van der Waals surface area contributed by atoms with Crippen LogP contribution in [0.15, 0.2) is 0 Å². The van der Waals surface area contributed by atoms with Crippen LogP contribution in [0.4, 0.5) is 0 Å². The van der Waals surface area contributed by atoms with Crippen molar-refractivity contribution in [2.75, 3.05) is 5.75 Å². The Morgan fingerprint density at radius 3 is 3.00 bits per heavy atom. The minimum atomic E-state index is -0.726. The molecule has 0 aliphatic carbocycles. The van der Waals surface area contributed by atoms with E-state index < -0.39 is 5.97 Å². The largest absolute Gasteiger partial charge is 0.480 e. The number of thioether (sulfide) groups is 1. The summed E-state index contributed by atoms with van der Waals surface area (Å²) in [4.78, 5) is 10.5. The smallest absolute Gasteiger partial charge is 0.321 e. The normalized spacial score (nSPS) is 30.6. The molecule has 1 saturated heterocycles. The van der Waals surface area contributed by atoms with Crippen LogP contribution in [-0.2, 0) is 4.79 Å². The SMILES string of the molecule is CCC[C@@H]1N[C@@H](C(=O)O)CS1. The number of carboxylic acid groups (broad SMARTS) is 1. The van der Waals surface area contributed by atoms with E-state index in [9.17, 15) is 4.79 Å². The van der Waals surface area contributed by atoms with Crippen LogP contribution in [-0.4, -0.2) is 28.2 Å². The number of hydrogen-bond acceptors (Lipinski definition) is 3. The fraction of sp³-hybridized carbons (Fsp3) is 0.857. The maximum Gasteiger partial charge on any atom is 0.321 e. The highest BCUT2D eigenvalue weighted by atomic mass is 32.2. The van der Waals surface area contributed by atoms with Gasteiger partial charge in [-0.15, -0.1) is 11.8 Å². The topological polar surface area (TPSA) is 49.3 Å². The molecule has 0 aromatic carbocycles. The van der Waals surface area contributed by atoms with Gasteiger partial charge in [0.05, 0.1) is 5.37 Å². The van der Waals surface area contributed by atoms with E-state index in [1.54, 1.807) is 11.8 Å². The predicted octanol–water partition coefficient (Wildman–Crippen LogP) is 0.902. The molecular weight excluding hydrogens is 162 g/mol. The van der Waals surface area contributed by atoms with E-state index in [2.05, 4.69) is 12.2 Å². The maximum atomic E-state index is 10.5. The Labute approximate surface area is 70.6 Å². The Kier molecular flexibility index (Phi) is 3.20. The van der Waals surface area contributed by atoms with Crippen molar-refractivity contribution in [2.24, 2.45) is 0 Å². The molecule has 0 aromatic heterocycles. The number of rotatable bonds is 3. The van der Waals surface area contributed by atoms with Gasteiger partial charge in [0.15, 0.2) is 0 Å². The van der Waals surface area contributed by atoms with Crippen molar-refractivity contribution in [3.8, 4) is 0 Å². The average molecular weight is 175 g/mol. The van der Waals surface area contributed by atoms with E-state index in [1.165, 1.54) is 0 Å². The maximum absolute atomic E-state index is 10.5. The molecule has 0 saturated carbocycles. The summed E-state index contributed by atoms with van der Waals surface area (Å²) in [5, 5.41) is 12.0. The Balaban J connectivity index is 2.29. The van der Waals surface area contributed by atoms with Crippen LogP contribution in [0.3, 0.4) is 0 Å². The Morgan fingerprint density at radius 1 is 1.82 bits per heavy atom. The zero-order valence-corrected chi connectivity index (χ0v) is 7.36. The van der Waals surface area contributed by atoms with Crippen molar-refractivity contribution >= 4 is 17.7 Å². The van der Waals surface area contributed by atoms with E-state index >= 15 is 0 Å². The van der Waals surface area contributed by atoms with E-state index in [0.29, 0.717) is 11.1 Å². The van der Waals surface area contributed by atoms with Gasteiger partial charge < -0.3 is 5.11 Å². The number of aliphatic carboxylic acids is 1. The highest BCUT2D eigenvalue weighted by Gasteiger charge is 2.28. The molecule has 0 bridgehead atoms. The highest BCUT2D eigenvalue weighted by molar-refractivity contribution is 8.00. The van der Waals surface area contributed by atoms with Gasteiger partial charge in [-0.05, 0) is 6.42 Å². The molecule has 0 amide bonds. The zero-order valence-electron chi connectivity index (χ0n) is 6.54. The van der Waals surface area contributed by atoms with Crippen LogP contribution in [0.25, 0.3) is 0 Å². The minimum absolute atomic E-state index is 0.323. The lowest BCUT2D eigenvalue weighted by Crippen LogP contribution is -2.36. The molecule has 2 atom stereocenters. The third kappa shape index (κ3) is 2.38. The molecule has 0 spiro atoms. The molecule has 1 aliphatic rings. The van der Waals surface area contributed by atoms with E-state index in [4.69, 9.17) is 5.11 Å². The first-order valence-electron chi connectivity index (χ1n) is 3.84. The zero-order chi connectivity index (χ0) is 8.27. The predicted molar refractivity (Wildman–Crippen MR) is 45.7 cm³/mol. The van der Waals surface area contributed by atoms with Gasteiger partial charge in [-0.3, -0.25) is 10.1 Å². The van der Waals surface area contributed by atoms with Gasteiger partial charge >= 0.3 is 5.97 Å². The van der Waals surface area contributed by atoms with Crippen LogP contribution in [0.2, 0.25) is 0 Å². The van der Waals surface area contributed by atoms with E-state index in [-0.39, 0.29) is 6.04 Å². The van der Waals surface area contributed by atoms with E-state index in [1.807, 2.05) is 0 Å². The van der Waals surface area contributed by atoms with Crippen molar-refractivity contribution < 1.29 is 9.90 Å². The van der Waals surface area contributed by atoms with Crippen LogP contribution in [0.1, 0.15) is 19.8 Å². The van der Waals surface area contributed by atoms with Crippen molar-refractivity contribution in [3.05, 3.63) is 0 Å². The number of carbonyl (C=O) groups is 1.